The smallest absolute Gasteiger partial charge is 0.204 e. The monoisotopic (exact) mass is 972 g/mol. The zero-order chi connectivity index (χ0) is 49.7. The molecule has 8 N–H and O–H groups in total. The van der Waals surface area contributed by atoms with Crippen molar-refractivity contribution in [2.45, 2.75) is 25.0 Å². The summed E-state index contributed by atoms with van der Waals surface area (Å²) in [5.41, 5.74) is -3.11. The van der Waals surface area contributed by atoms with Gasteiger partial charge in [0, 0.05) is 44.3 Å². The number of phenols is 2. The topological polar surface area (TPSA) is 197 Å². The lowest BCUT2D eigenvalue weighted by Gasteiger charge is -2.15. The van der Waals surface area contributed by atoms with Gasteiger partial charge in [0.05, 0.1) is 47.1 Å². The van der Waals surface area contributed by atoms with Crippen LogP contribution >= 0.6 is 0 Å². The maximum atomic E-state index is 16.5. The Kier molecular flexibility index (Phi) is 12.8. The molecular weight excluding hydrogens is 937 g/mol. The molecule has 0 saturated carbocycles. The third kappa shape index (κ3) is 8.44. The van der Waals surface area contributed by atoms with E-state index in [4.69, 9.17) is 14.5 Å². The molecule has 2 aliphatic rings. The predicted molar refractivity (Wildman–Crippen MR) is 239 cm³/mol. The number of hydrogen-bond acceptors (Lipinski definition) is 10. The lowest BCUT2D eigenvalue weighted by atomic mass is 9.99. The van der Waals surface area contributed by atoms with Gasteiger partial charge in [-0.05, 0) is 84.7 Å². The second-order valence-electron chi connectivity index (χ2n) is 16.1. The maximum absolute atomic E-state index is 16.5. The van der Waals surface area contributed by atoms with Crippen LogP contribution in [0.15, 0.2) is 72.8 Å². The number of aliphatic hydroxyl groups excluding tert-OH is 4. The van der Waals surface area contributed by atoms with E-state index in [1.54, 1.807) is 6.07 Å². The van der Waals surface area contributed by atoms with Crippen LogP contribution in [-0.2, 0) is 12.8 Å². The Labute approximate surface area is 389 Å². The molecular formula is C50H36F8N4O8. The van der Waals surface area contributed by atoms with E-state index in [0.29, 0.717) is 0 Å². The average Bonchev–Trinajstić information content (AvgIpc) is 4.20. The van der Waals surface area contributed by atoms with Crippen LogP contribution in [-0.4, -0.2) is 89.2 Å². The van der Waals surface area contributed by atoms with Crippen LogP contribution in [0, 0.1) is 46.5 Å². The summed E-state index contributed by atoms with van der Waals surface area (Å²) in [4.78, 5) is 15.5. The lowest BCUT2D eigenvalue weighted by molar-refractivity contribution is 0.0504. The number of aromatic amines is 2. The number of rotatable bonds is 12. The highest BCUT2D eigenvalue weighted by Gasteiger charge is 2.33. The summed E-state index contributed by atoms with van der Waals surface area (Å²) < 4.78 is 140. The Bertz CT molecular complexity index is 3390. The molecule has 4 aromatic carbocycles. The fraction of sp³-hybridized carbons (Fsp3) is 0.160. The van der Waals surface area contributed by atoms with Crippen LogP contribution in [0.2, 0.25) is 0 Å². The van der Waals surface area contributed by atoms with Crippen LogP contribution in [0.3, 0.4) is 0 Å². The van der Waals surface area contributed by atoms with Gasteiger partial charge in [-0.25, -0.2) is 22.5 Å². The van der Waals surface area contributed by atoms with Crippen molar-refractivity contribution in [3.63, 3.8) is 0 Å². The second kappa shape index (κ2) is 19.0. The molecule has 0 aliphatic carbocycles. The highest BCUT2D eigenvalue weighted by atomic mass is 19.2. The SMILES string of the molecule is OCC(O)COc1c(F)c(F)c(-c2c3nc(c(-c4cccc(O)c4)c4ccc([nH]4)c(-c4c(F)c(F)c(OCC(O)CO)c(F)c4F)c4nc(c(-c5cccc(O)c5)c5ccc2[nH]5)CC4)C=C3)c(F)c1F. The molecule has 3 aromatic heterocycles. The van der Waals surface area contributed by atoms with E-state index < -0.39 is 119 Å². The van der Waals surface area contributed by atoms with Gasteiger partial charge < -0.3 is 50.1 Å². The van der Waals surface area contributed by atoms with E-state index in [2.05, 4.69) is 15.0 Å². The summed E-state index contributed by atoms with van der Waals surface area (Å²) in [7, 11) is 0. The van der Waals surface area contributed by atoms with Crippen molar-refractivity contribution in [3.8, 4) is 67.5 Å². The molecule has 5 heterocycles. The molecule has 12 nitrogen and oxygen atoms in total. The number of benzene rings is 4. The van der Waals surface area contributed by atoms with E-state index in [1.807, 2.05) is 0 Å². The first-order valence-corrected chi connectivity index (χ1v) is 21.2. The minimum atomic E-state index is -1.99. The van der Waals surface area contributed by atoms with Crippen molar-refractivity contribution in [3.05, 3.63) is 142 Å². The first-order valence-electron chi connectivity index (χ1n) is 21.2. The molecule has 2 atom stereocenters. The van der Waals surface area contributed by atoms with Gasteiger partial charge in [0.25, 0.3) is 0 Å². The number of hydrogen-bond donors (Lipinski definition) is 8. The van der Waals surface area contributed by atoms with Gasteiger partial charge in [-0.2, -0.15) is 17.6 Å². The Morgan fingerprint density at radius 1 is 0.471 bits per heavy atom. The van der Waals surface area contributed by atoms with Gasteiger partial charge >= 0.3 is 0 Å². The van der Waals surface area contributed by atoms with Crippen molar-refractivity contribution in [2.75, 3.05) is 26.4 Å². The summed E-state index contributed by atoms with van der Waals surface area (Å²) in [6, 6.07) is 16.8. The number of nitrogens with one attached hydrogen (secondary N) is 2. The van der Waals surface area contributed by atoms with Crippen LogP contribution in [0.25, 0.3) is 78.7 Å². The van der Waals surface area contributed by atoms with Gasteiger partial charge in [0.15, 0.2) is 34.8 Å². The Morgan fingerprint density at radius 3 is 1.31 bits per heavy atom. The largest absolute Gasteiger partial charge is 0.508 e. The number of phenolic OH excluding ortho intramolecular Hbond substituents is 2. The molecule has 2 unspecified atom stereocenters. The van der Waals surface area contributed by atoms with E-state index in [9.17, 15) is 30.6 Å². The number of halogens is 8. The minimum absolute atomic E-state index is 0.0199. The molecule has 0 spiro atoms. The standard InChI is InChI=1S/C50H36F8N4O8/c51-41-39(42(52)46(56)49(45(41)55)69-19-25(67)17-63)37-31-11-7-27(59-31)35(21-3-1-5-23(65)15-21)28-8-12-32(60-28)38(40-43(53)47(57)50(48(58)44(40)54)70-20-26(68)18-64)34-14-10-30(62-34)36(29-9-13-33(37)61-29)22-4-2-6-24(66)16-22/h1-9,11-13,15-16,25-26,60-61,63-68H,10,14,17-20H2. The highest BCUT2D eigenvalue weighted by Crippen LogP contribution is 2.44. The normalized spacial score (nSPS) is 13.2. The van der Waals surface area contributed by atoms with Gasteiger partial charge in [-0.15, -0.1) is 0 Å². The number of aliphatic hydroxyl groups is 4. The molecule has 0 saturated heterocycles. The molecule has 360 valence electrons. The maximum Gasteiger partial charge on any atom is 0.204 e. The average molecular weight is 973 g/mol. The molecule has 20 heteroatoms. The van der Waals surface area contributed by atoms with Crippen molar-refractivity contribution in [2.24, 2.45) is 0 Å². The molecule has 70 heavy (non-hydrogen) atoms. The number of aryl methyl sites for hydroxylation is 2. The van der Waals surface area contributed by atoms with Gasteiger partial charge in [-0.1, -0.05) is 24.3 Å². The Hall–Kier alpha value is -7.78. The minimum Gasteiger partial charge on any atom is -0.508 e. The summed E-state index contributed by atoms with van der Waals surface area (Å²) in [6.07, 6.45) is -0.884. The van der Waals surface area contributed by atoms with E-state index in [1.165, 1.54) is 78.9 Å². The van der Waals surface area contributed by atoms with E-state index >= 15 is 35.1 Å². The first kappa shape index (κ1) is 47.3. The summed E-state index contributed by atoms with van der Waals surface area (Å²) in [6.45, 7) is -3.66. The number of aromatic hydroxyl groups is 2. The van der Waals surface area contributed by atoms with Crippen molar-refractivity contribution >= 4 is 34.2 Å². The Balaban J connectivity index is 1.44. The number of fused-ring (bicyclic) bond motifs is 8. The molecule has 7 aromatic rings. The molecule has 2 aliphatic heterocycles. The molecule has 0 amide bonds. The van der Waals surface area contributed by atoms with Crippen LogP contribution in [0.5, 0.6) is 23.0 Å². The lowest BCUT2D eigenvalue weighted by Crippen LogP contribution is -2.22. The summed E-state index contributed by atoms with van der Waals surface area (Å²) in [5.74, 6) is -19.1. The highest BCUT2D eigenvalue weighted by molar-refractivity contribution is 5.98. The van der Waals surface area contributed by atoms with E-state index in [0.717, 1.165) is 0 Å². The summed E-state index contributed by atoms with van der Waals surface area (Å²) in [5, 5.41) is 59.1. The quantitative estimate of drug-likeness (QED) is 0.0432. The van der Waals surface area contributed by atoms with Gasteiger partial charge in [-0.3, -0.25) is 4.98 Å². The molecule has 8 bridgehead atoms. The zero-order valence-corrected chi connectivity index (χ0v) is 35.9. The van der Waals surface area contributed by atoms with E-state index in [-0.39, 0.29) is 91.4 Å². The van der Waals surface area contributed by atoms with Crippen LogP contribution < -0.4 is 9.47 Å². The van der Waals surface area contributed by atoms with Gasteiger partial charge in [0.2, 0.25) is 23.3 Å². The predicted octanol–water partition coefficient (Wildman–Crippen LogP) is 8.93. The van der Waals surface area contributed by atoms with Crippen molar-refractivity contribution in [1.29, 1.82) is 0 Å². The fourth-order valence-corrected chi connectivity index (χ4v) is 8.34. The van der Waals surface area contributed by atoms with Crippen LogP contribution in [0.4, 0.5) is 35.1 Å². The third-order valence-electron chi connectivity index (χ3n) is 11.5. The number of ether oxygens (including phenoxy) is 2. The van der Waals surface area contributed by atoms with Crippen molar-refractivity contribution < 1.29 is 75.2 Å². The summed E-state index contributed by atoms with van der Waals surface area (Å²) >= 11 is 0. The number of H-pyrrole nitrogens is 2. The van der Waals surface area contributed by atoms with Crippen LogP contribution in [0.1, 0.15) is 22.8 Å². The zero-order valence-electron chi connectivity index (χ0n) is 35.9. The molecule has 0 radical (unpaired) electrons. The Morgan fingerprint density at radius 2 is 0.857 bits per heavy atom. The third-order valence-corrected chi connectivity index (χ3v) is 11.5. The molecule has 0 fully saturated rings. The first-order chi connectivity index (χ1) is 33.6. The number of nitrogens with zero attached hydrogens (tertiary/aromatic N) is 2. The fourth-order valence-electron chi connectivity index (χ4n) is 8.34. The second-order valence-corrected chi connectivity index (χ2v) is 16.1. The molecule has 9 rings (SSSR count). The number of aromatic nitrogens is 4. The van der Waals surface area contributed by atoms with Gasteiger partial charge in [0.1, 0.15) is 36.9 Å². The van der Waals surface area contributed by atoms with Crippen molar-refractivity contribution in [1.82, 2.24) is 19.9 Å².